The van der Waals surface area contributed by atoms with Gasteiger partial charge in [-0.25, -0.2) is 10.4 Å². The lowest BCUT2D eigenvalue weighted by Crippen LogP contribution is -2.16. The Morgan fingerprint density at radius 2 is 1.69 bits per heavy atom. The Kier molecular flexibility index (Phi) is 9.08. The summed E-state index contributed by atoms with van der Waals surface area (Å²) in [5.74, 6) is 1.51. The molecule has 0 spiro atoms. The summed E-state index contributed by atoms with van der Waals surface area (Å²) in [5.41, 5.74) is 6.11. The van der Waals surface area contributed by atoms with E-state index in [9.17, 15) is 14.9 Å². The van der Waals surface area contributed by atoms with E-state index < -0.39 is 10.8 Å². The molecule has 0 bridgehead atoms. The van der Waals surface area contributed by atoms with Crippen molar-refractivity contribution in [2.75, 3.05) is 14.2 Å². The van der Waals surface area contributed by atoms with Crippen molar-refractivity contribution in [1.82, 2.24) is 15.0 Å². The molecule has 13 heteroatoms. The average Bonchev–Trinajstić information content (AvgIpc) is 3.66. The Hall–Kier alpha value is -6.11. The van der Waals surface area contributed by atoms with Crippen molar-refractivity contribution in [2.45, 2.75) is 20.5 Å². The number of hydrogen-bond donors (Lipinski definition) is 1. The maximum atomic E-state index is 12.6. The van der Waals surface area contributed by atoms with E-state index in [0.29, 0.717) is 17.1 Å². The molecule has 0 saturated heterocycles. The SMILES string of the molecule is COc1cc(/C=N/NC(=O)c2ccc(COc3ccc(-n4c(C)ccc4C)cc3)o2)cc(OC)c1Oc1ccc([N+](=O)[O-])cn1. The van der Waals surface area contributed by atoms with E-state index in [1.54, 1.807) is 18.2 Å². The second kappa shape index (κ2) is 13.5. The van der Waals surface area contributed by atoms with Gasteiger partial charge in [-0.2, -0.15) is 5.10 Å². The minimum absolute atomic E-state index is 0.0640. The number of methoxy groups -OCH3 is 2. The maximum absolute atomic E-state index is 12.6. The molecule has 0 fully saturated rings. The van der Waals surface area contributed by atoms with Crippen molar-refractivity contribution >= 4 is 17.8 Å². The quantitative estimate of drug-likeness (QED) is 0.0995. The number of benzene rings is 2. The number of nitro groups is 1. The van der Waals surface area contributed by atoms with Gasteiger partial charge < -0.3 is 27.9 Å². The molecule has 0 aliphatic heterocycles. The first-order valence-electron chi connectivity index (χ1n) is 13.6. The molecule has 0 saturated carbocycles. The average molecular weight is 612 g/mol. The molecule has 0 unspecified atom stereocenters. The number of hydrogen-bond acceptors (Lipinski definition) is 10. The molecule has 1 amide bonds. The highest BCUT2D eigenvalue weighted by molar-refractivity contribution is 5.92. The van der Waals surface area contributed by atoms with Crippen molar-refractivity contribution in [3.63, 3.8) is 0 Å². The lowest BCUT2D eigenvalue weighted by molar-refractivity contribution is -0.385. The molecule has 5 aromatic rings. The lowest BCUT2D eigenvalue weighted by Gasteiger charge is -2.14. The third-order valence-electron chi connectivity index (χ3n) is 6.63. The van der Waals surface area contributed by atoms with E-state index in [4.69, 9.17) is 23.4 Å². The zero-order valence-corrected chi connectivity index (χ0v) is 24.8. The molecule has 0 atom stereocenters. The lowest BCUT2D eigenvalue weighted by atomic mass is 10.2. The number of nitrogens with one attached hydrogen (secondary N) is 1. The molecule has 0 aliphatic rings. The Morgan fingerprint density at radius 3 is 2.29 bits per heavy atom. The summed E-state index contributed by atoms with van der Waals surface area (Å²) in [6.45, 7) is 4.25. The van der Waals surface area contributed by atoms with E-state index in [1.807, 2.05) is 24.3 Å². The third kappa shape index (κ3) is 7.10. The smallest absolute Gasteiger partial charge is 0.307 e. The summed E-state index contributed by atoms with van der Waals surface area (Å²) in [6.07, 6.45) is 2.47. The van der Waals surface area contributed by atoms with Crippen LogP contribution in [-0.4, -0.2) is 40.8 Å². The number of furan rings is 1. The van der Waals surface area contributed by atoms with Gasteiger partial charge >= 0.3 is 5.91 Å². The summed E-state index contributed by atoms with van der Waals surface area (Å²) in [5, 5.41) is 14.9. The number of aromatic nitrogens is 2. The molecule has 13 nitrogen and oxygen atoms in total. The highest BCUT2D eigenvalue weighted by Gasteiger charge is 2.17. The third-order valence-corrected chi connectivity index (χ3v) is 6.63. The van der Waals surface area contributed by atoms with Gasteiger partial charge in [0.05, 0.1) is 25.4 Å². The molecular weight excluding hydrogens is 582 g/mol. The molecule has 0 radical (unpaired) electrons. The van der Waals surface area contributed by atoms with Crippen LogP contribution in [-0.2, 0) is 6.61 Å². The molecule has 1 N–H and O–H groups in total. The van der Waals surface area contributed by atoms with E-state index in [1.165, 1.54) is 38.6 Å². The second-order valence-corrected chi connectivity index (χ2v) is 9.67. The summed E-state index contributed by atoms with van der Waals surface area (Å²) in [7, 11) is 2.87. The van der Waals surface area contributed by atoms with Crippen LogP contribution in [0, 0.1) is 24.0 Å². The second-order valence-electron chi connectivity index (χ2n) is 9.67. The number of aryl methyl sites for hydroxylation is 2. The van der Waals surface area contributed by atoms with Gasteiger partial charge in [0.1, 0.15) is 24.3 Å². The predicted octanol–water partition coefficient (Wildman–Crippen LogP) is 6.14. The first-order valence-corrected chi connectivity index (χ1v) is 13.6. The van der Waals surface area contributed by atoms with Crippen LogP contribution < -0.4 is 24.4 Å². The number of amides is 1. The van der Waals surface area contributed by atoms with Gasteiger partial charge in [-0.3, -0.25) is 14.9 Å². The molecule has 3 aromatic heterocycles. The van der Waals surface area contributed by atoms with Gasteiger partial charge in [0.15, 0.2) is 17.3 Å². The van der Waals surface area contributed by atoms with E-state index in [0.717, 1.165) is 23.3 Å². The van der Waals surface area contributed by atoms with Crippen LogP contribution in [0.2, 0.25) is 0 Å². The number of pyridine rings is 1. The minimum Gasteiger partial charge on any atom is -0.493 e. The van der Waals surface area contributed by atoms with Crippen molar-refractivity contribution < 1.29 is 33.1 Å². The topological polar surface area (TPSA) is 152 Å². The van der Waals surface area contributed by atoms with E-state index in [-0.39, 0.29) is 41.2 Å². The fourth-order valence-corrected chi connectivity index (χ4v) is 4.44. The monoisotopic (exact) mass is 611 g/mol. The predicted molar refractivity (Wildman–Crippen MR) is 164 cm³/mol. The standard InChI is InChI=1S/C32H29N5O8/c1-20-5-6-21(2)36(20)23-7-10-25(11-8-23)43-19-26-12-13-27(44-26)32(38)35-34-17-22-15-28(41-3)31(29(16-22)42-4)45-30-14-9-24(18-33-30)37(39)40/h5-18H,19H2,1-4H3,(H,35,38)/b34-17+. The first-order chi connectivity index (χ1) is 21.7. The Labute approximate surface area is 257 Å². The fourth-order valence-electron chi connectivity index (χ4n) is 4.44. The van der Waals surface area contributed by atoms with Gasteiger partial charge in [0.2, 0.25) is 11.6 Å². The summed E-state index contributed by atoms with van der Waals surface area (Å²) in [6, 6.07) is 20.9. The van der Waals surface area contributed by atoms with Gasteiger partial charge in [0, 0.05) is 34.8 Å². The maximum Gasteiger partial charge on any atom is 0.307 e. The molecule has 0 aliphatic carbocycles. The van der Waals surface area contributed by atoms with Crippen LogP contribution in [0.15, 0.2) is 88.5 Å². The summed E-state index contributed by atoms with van der Waals surface area (Å²) < 4.78 is 30.3. The van der Waals surface area contributed by atoms with Gasteiger partial charge in [-0.15, -0.1) is 0 Å². The van der Waals surface area contributed by atoms with Crippen LogP contribution in [0.25, 0.3) is 5.69 Å². The van der Waals surface area contributed by atoms with Crippen molar-refractivity contribution in [3.05, 3.63) is 118 Å². The van der Waals surface area contributed by atoms with Gasteiger partial charge in [-0.05, 0) is 74.5 Å². The molecule has 5 rings (SSSR count). The van der Waals surface area contributed by atoms with Gasteiger partial charge in [0.25, 0.3) is 5.69 Å². The molecule has 45 heavy (non-hydrogen) atoms. The van der Waals surface area contributed by atoms with Crippen LogP contribution in [0.5, 0.6) is 28.9 Å². The number of hydrazone groups is 1. The highest BCUT2D eigenvalue weighted by atomic mass is 16.6. The molecular formula is C32H29N5O8. The zero-order valence-electron chi connectivity index (χ0n) is 24.8. The van der Waals surface area contributed by atoms with Crippen LogP contribution in [0.1, 0.15) is 33.3 Å². The Balaban J connectivity index is 1.18. The van der Waals surface area contributed by atoms with Crippen LogP contribution in [0.3, 0.4) is 0 Å². The Bertz CT molecular complexity index is 1800. The number of rotatable bonds is 12. The highest BCUT2D eigenvalue weighted by Crippen LogP contribution is 2.40. The van der Waals surface area contributed by atoms with Crippen LogP contribution >= 0.6 is 0 Å². The number of carbonyl (C=O) groups excluding carboxylic acids is 1. The molecule has 3 heterocycles. The van der Waals surface area contributed by atoms with E-state index >= 15 is 0 Å². The van der Waals surface area contributed by atoms with Crippen LogP contribution in [0.4, 0.5) is 5.69 Å². The summed E-state index contributed by atoms with van der Waals surface area (Å²) in [4.78, 5) is 26.9. The largest absolute Gasteiger partial charge is 0.493 e. The fraction of sp³-hybridized carbons (Fsp3) is 0.156. The van der Waals surface area contributed by atoms with E-state index in [2.05, 4.69) is 46.1 Å². The minimum atomic E-state index is -0.558. The normalized spacial score (nSPS) is 10.9. The van der Waals surface area contributed by atoms with Gasteiger partial charge in [-0.1, -0.05) is 0 Å². The number of nitrogens with zero attached hydrogens (tertiary/aromatic N) is 4. The molecule has 2 aromatic carbocycles. The van der Waals surface area contributed by atoms with Crippen molar-refractivity contribution in [2.24, 2.45) is 5.10 Å². The van der Waals surface area contributed by atoms with Crippen molar-refractivity contribution in [1.29, 1.82) is 0 Å². The van der Waals surface area contributed by atoms with Crippen molar-refractivity contribution in [3.8, 4) is 34.6 Å². The Morgan fingerprint density at radius 1 is 1.00 bits per heavy atom. The first kappa shape index (κ1) is 30.4. The zero-order chi connectivity index (χ0) is 31.9. The number of ether oxygens (including phenoxy) is 4. The molecule has 230 valence electrons. The summed E-state index contributed by atoms with van der Waals surface area (Å²) >= 11 is 0. The number of carbonyl (C=O) groups is 1.